The summed E-state index contributed by atoms with van der Waals surface area (Å²) < 4.78 is 7.91. The second-order valence-electron chi connectivity index (χ2n) is 6.07. The summed E-state index contributed by atoms with van der Waals surface area (Å²) in [6.07, 6.45) is 6.04. The SMILES string of the molecule is CN=C(NCCCCn1ccnc1C)N(C)CCOc1ccc(Cl)cc1.I. The average molecular weight is 506 g/mol. The minimum absolute atomic E-state index is 0. The number of ether oxygens (including phenoxy) is 1. The lowest BCUT2D eigenvalue weighted by atomic mass is 10.3. The van der Waals surface area contributed by atoms with Crippen LogP contribution in [0.3, 0.4) is 0 Å². The topological polar surface area (TPSA) is 54.7 Å². The van der Waals surface area contributed by atoms with E-state index in [0.29, 0.717) is 11.6 Å². The number of halogens is 2. The molecule has 0 unspecified atom stereocenters. The number of rotatable bonds is 9. The minimum Gasteiger partial charge on any atom is -0.492 e. The van der Waals surface area contributed by atoms with E-state index in [2.05, 4.69) is 24.8 Å². The number of aromatic nitrogens is 2. The van der Waals surface area contributed by atoms with Crippen LogP contribution in [-0.4, -0.2) is 54.2 Å². The standard InChI is InChI=1S/C19H28ClN5O.HI/c1-16-22-11-13-25(16)12-5-4-10-23-19(21-2)24(3)14-15-26-18-8-6-17(20)7-9-18;/h6-9,11,13H,4-5,10,12,14-15H2,1-3H3,(H,21,23);1H. The molecule has 6 nitrogen and oxygen atoms in total. The molecule has 1 heterocycles. The molecule has 0 aliphatic carbocycles. The Labute approximate surface area is 184 Å². The van der Waals surface area contributed by atoms with Crippen LogP contribution in [0.1, 0.15) is 18.7 Å². The Bertz CT molecular complexity index is 690. The van der Waals surface area contributed by atoms with Crippen molar-refractivity contribution in [2.24, 2.45) is 4.99 Å². The van der Waals surface area contributed by atoms with Crippen LogP contribution in [0.25, 0.3) is 0 Å². The van der Waals surface area contributed by atoms with E-state index in [1.165, 1.54) is 0 Å². The van der Waals surface area contributed by atoms with Crippen LogP contribution in [0.2, 0.25) is 5.02 Å². The number of nitrogens with one attached hydrogen (secondary N) is 1. The van der Waals surface area contributed by atoms with Crippen molar-refractivity contribution in [1.29, 1.82) is 0 Å². The fourth-order valence-electron chi connectivity index (χ4n) is 2.57. The minimum atomic E-state index is 0. The van der Waals surface area contributed by atoms with Gasteiger partial charge < -0.3 is 19.5 Å². The number of aliphatic imine (C=N–C) groups is 1. The second kappa shape index (κ2) is 12.8. The molecule has 1 aromatic heterocycles. The number of benzene rings is 1. The van der Waals surface area contributed by atoms with E-state index in [0.717, 1.165) is 50.0 Å². The Morgan fingerprint density at radius 3 is 2.67 bits per heavy atom. The maximum absolute atomic E-state index is 5.87. The van der Waals surface area contributed by atoms with Gasteiger partial charge in [-0.2, -0.15) is 0 Å². The Kier molecular flexibility index (Phi) is 11.2. The molecular weight excluding hydrogens is 477 g/mol. The summed E-state index contributed by atoms with van der Waals surface area (Å²) in [4.78, 5) is 10.6. The van der Waals surface area contributed by atoms with Gasteiger partial charge >= 0.3 is 0 Å². The number of aryl methyl sites for hydroxylation is 2. The van der Waals surface area contributed by atoms with Crippen molar-refractivity contribution >= 4 is 41.5 Å². The third kappa shape index (κ3) is 8.38. The zero-order valence-electron chi connectivity index (χ0n) is 16.2. The average Bonchev–Trinajstić information content (AvgIpc) is 3.04. The van der Waals surface area contributed by atoms with E-state index >= 15 is 0 Å². The lowest BCUT2D eigenvalue weighted by Crippen LogP contribution is -2.41. The Morgan fingerprint density at radius 1 is 1.30 bits per heavy atom. The molecule has 0 radical (unpaired) electrons. The predicted molar refractivity (Wildman–Crippen MR) is 123 cm³/mol. The van der Waals surface area contributed by atoms with Gasteiger partial charge in [0, 0.05) is 44.6 Å². The summed E-state index contributed by atoms with van der Waals surface area (Å²) in [6, 6.07) is 7.40. The van der Waals surface area contributed by atoms with Crippen LogP contribution < -0.4 is 10.1 Å². The fraction of sp³-hybridized carbons (Fsp3) is 0.474. The van der Waals surface area contributed by atoms with E-state index in [9.17, 15) is 0 Å². The molecule has 2 rings (SSSR count). The number of likely N-dealkylation sites (N-methyl/N-ethyl adjacent to an activating group) is 1. The number of hydrogen-bond acceptors (Lipinski definition) is 3. The predicted octanol–water partition coefficient (Wildman–Crippen LogP) is 3.83. The van der Waals surface area contributed by atoms with E-state index < -0.39 is 0 Å². The maximum atomic E-state index is 5.87. The first kappa shape index (κ1) is 23.6. The summed E-state index contributed by atoms with van der Waals surface area (Å²) in [5.74, 6) is 2.76. The monoisotopic (exact) mass is 505 g/mol. The van der Waals surface area contributed by atoms with Crippen molar-refractivity contribution in [2.45, 2.75) is 26.3 Å². The van der Waals surface area contributed by atoms with Gasteiger partial charge in [-0.15, -0.1) is 24.0 Å². The largest absolute Gasteiger partial charge is 0.492 e. The van der Waals surface area contributed by atoms with E-state index in [1.54, 1.807) is 7.05 Å². The zero-order valence-corrected chi connectivity index (χ0v) is 19.3. The van der Waals surface area contributed by atoms with Crippen molar-refractivity contribution in [2.75, 3.05) is 33.8 Å². The first-order valence-corrected chi connectivity index (χ1v) is 9.26. The smallest absolute Gasteiger partial charge is 0.193 e. The molecule has 0 aliphatic heterocycles. The molecule has 1 N–H and O–H groups in total. The second-order valence-corrected chi connectivity index (χ2v) is 6.51. The van der Waals surface area contributed by atoms with Crippen molar-refractivity contribution in [3.63, 3.8) is 0 Å². The molecule has 2 aromatic rings. The van der Waals surface area contributed by atoms with Crippen LogP contribution in [0.4, 0.5) is 0 Å². The number of nitrogens with zero attached hydrogens (tertiary/aromatic N) is 4. The third-order valence-corrected chi connectivity index (χ3v) is 4.37. The van der Waals surface area contributed by atoms with Crippen molar-refractivity contribution in [3.05, 3.63) is 47.5 Å². The van der Waals surface area contributed by atoms with Gasteiger partial charge in [0.15, 0.2) is 5.96 Å². The van der Waals surface area contributed by atoms with Crippen LogP contribution in [0.5, 0.6) is 5.75 Å². The molecule has 0 saturated heterocycles. The molecule has 1 aromatic carbocycles. The van der Waals surface area contributed by atoms with Gasteiger partial charge in [0.25, 0.3) is 0 Å². The van der Waals surface area contributed by atoms with Crippen molar-refractivity contribution in [1.82, 2.24) is 19.8 Å². The van der Waals surface area contributed by atoms with Crippen molar-refractivity contribution in [3.8, 4) is 5.75 Å². The van der Waals surface area contributed by atoms with Crippen LogP contribution in [-0.2, 0) is 6.54 Å². The summed E-state index contributed by atoms with van der Waals surface area (Å²) in [7, 11) is 3.81. The summed E-state index contributed by atoms with van der Waals surface area (Å²) >= 11 is 5.87. The van der Waals surface area contributed by atoms with Gasteiger partial charge in [-0.25, -0.2) is 4.98 Å². The molecule has 150 valence electrons. The van der Waals surface area contributed by atoms with E-state index in [4.69, 9.17) is 16.3 Å². The van der Waals surface area contributed by atoms with Gasteiger partial charge in [-0.05, 0) is 44.0 Å². The highest BCUT2D eigenvalue weighted by Crippen LogP contribution is 2.15. The highest BCUT2D eigenvalue weighted by molar-refractivity contribution is 14.0. The van der Waals surface area contributed by atoms with Crippen LogP contribution in [0.15, 0.2) is 41.7 Å². The molecule has 0 saturated carbocycles. The van der Waals surface area contributed by atoms with Crippen LogP contribution in [0, 0.1) is 6.92 Å². The Morgan fingerprint density at radius 2 is 2.04 bits per heavy atom. The molecule has 0 amide bonds. The Hall–Kier alpha value is -1.48. The van der Waals surface area contributed by atoms with Crippen LogP contribution >= 0.6 is 35.6 Å². The third-order valence-electron chi connectivity index (χ3n) is 4.11. The molecule has 27 heavy (non-hydrogen) atoms. The van der Waals surface area contributed by atoms with Gasteiger partial charge in [0.2, 0.25) is 0 Å². The molecular formula is C19H29ClIN5O. The summed E-state index contributed by atoms with van der Waals surface area (Å²) in [5.41, 5.74) is 0. The van der Waals surface area contributed by atoms with Gasteiger partial charge in [0.1, 0.15) is 18.2 Å². The molecule has 0 bridgehead atoms. The van der Waals surface area contributed by atoms with Gasteiger partial charge in [-0.1, -0.05) is 11.6 Å². The van der Waals surface area contributed by atoms with Crippen molar-refractivity contribution < 1.29 is 4.74 Å². The lowest BCUT2D eigenvalue weighted by molar-refractivity contribution is 0.281. The molecule has 0 fully saturated rings. The number of imidazole rings is 1. The number of unbranched alkanes of at least 4 members (excludes halogenated alkanes) is 1. The zero-order chi connectivity index (χ0) is 18.8. The quantitative estimate of drug-likeness (QED) is 0.244. The highest BCUT2D eigenvalue weighted by atomic mass is 127. The highest BCUT2D eigenvalue weighted by Gasteiger charge is 2.05. The molecule has 0 aliphatic rings. The first-order chi connectivity index (χ1) is 12.6. The molecule has 0 atom stereocenters. The maximum Gasteiger partial charge on any atom is 0.193 e. The van der Waals surface area contributed by atoms with E-state index in [1.807, 2.05) is 50.6 Å². The fourth-order valence-corrected chi connectivity index (χ4v) is 2.70. The molecule has 0 spiro atoms. The normalized spacial score (nSPS) is 11.0. The summed E-state index contributed by atoms with van der Waals surface area (Å²) in [6.45, 7) is 5.25. The summed E-state index contributed by atoms with van der Waals surface area (Å²) in [5, 5.41) is 4.11. The lowest BCUT2D eigenvalue weighted by Gasteiger charge is -2.22. The van der Waals surface area contributed by atoms with E-state index in [-0.39, 0.29) is 24.0 Å². The first-order valence-electron chi connectivity index (χ1n) is 8.88. The molecule has 8 heteroatoms. The Balaban J connectivity index is 0.00000364. The van der Waals surface area contributed by atoms with Gasteiger partial charge in [-0.3, -0.25) is 4.99 Å². The number of hydrogen-bond donors (Lipinski definition) is 1. The number of guanidine groups is 1. The van der Waals surface area contributed by atoms with Gasteiger partial charge in [0.05, 0.1) is 6.54 Å².